The fourth-order valence-corrected chi connectivity index (χ4v) is 1.84. The molecule has 4 nitrogen and oxygen atoms in total. The first-order valence-electron chi connectivity index (χ1n) is 5.41. The van der Waals surface area contributed by atoms with Gasteiger partial charge in [-0.05, 0) is 12.5 Å². The van der Waals surface area contributed by atoms with Gasteiger partial charge in [-0.2, -0.15) is 5.10 Å². The summed E-state index contributed by atoms with van der Waals surface area (Å²) in [7, 11) is 0. The van der Waals surface area contributed by atoms with Gasteiger partial charge < -0.3 is 5.73 Å². The van der Waals surface area contributed by atoms with E-state index in [9.17, 15) is 0 Å². The standard InChI is InChI=1S/C13H12N4/c1-9-12(14)13-15-7-11(8-17(13)16-9)10-5-3-2-4-6-10/h2-8H,14H2,1H3. The lowest BCUT2D eigenvalue weighted by molar-refractivity contribution is 0.919. The predicted molar refractivity (Wildman–Crippen MR) is 67.6 cm³/mol. The van der Waals surface area contributed by atoms with E-state index >= 15 is 0 Å². The molecule has 0 atom stereocenters. The maximum Gasteiger partial charge on any atom is 0.178 e. The monoisotopic (exact) mass is 224 g/mol. The van der Waals surface area contributed by atoms with Crippen molar-refractivity contribution in [2.24, 2.45) is 0 Å². The highest BCUT2D eigenvalue weighted by Gasteiger charge is 2.07. The number of nitrogens with two attached hydrogens (primary N) is 1. The molecule has 0 unspecified atom stereocenters. The van der Waals surface area contributed by atoms with Crippen LogP contribution in [0.25, 0.3) is 16.8 Å². The molecule has 3 rings (SSSR count). The van der Waals surface area contributed by atoms with Crippen molar-refractivity contribution in [3.05, 3.63) is 48.4 Å². The predicted octanol–water partition coefficient (Wildman–Crippen LogP) is 2.29. The zero-order chi connectivity index (χ0) is 11.8. The number of aromatic nitrogens is 3. The fraction of sp³-hybridized carbons (Fsp3) is 0.0769. The van der Waals surface area contributed by atoms with E-state index in [0.29, 0.717) is 11.3 Å². The van der Waals surface area contributed by atoms with Crippen molar-refractivity contribution < 1.29 is 0 Å². The molecule has 0 radical (unpaired) electrons. The highest BCUT2D eigenvalue weighted by molar-refractivity contribution is 5.70. The molecule has 0 aliphatic rings. The van der Waals surface area contributed by atoms with Crippen LogP contribution in [0.3, 0.4) is 0 Å². The molecule has 0 spiro atoms. The Morgan fingerprint density at radius 3 is 2.65 bits per heavy atom. The molecule has 0 saturated carbocycles. The van der Waals surface area contributed by atoms with Crippen LogP contribution in [0.15, 0.2) is 42.7 Å². The van der Waals surface area contributed by atoms with Gasteiger partial charge in [0.05, 0.1) is 5.69 Å². The maximum absolute atomic E-state index is 5.88. The van der Waals surface area contributed by atoms with Crippen molar-refractivity contribution in [2.45, 2.75) is 6.92 Å². The number of rotatable bonds is 1. The van der Waals surface area contributed by atoms with Gasteiger partial charge in [-0.25, -0.2) is 9.50 Å². The normalized spacial score (nSPS) is 10.9. The van der Waals surface area contributed by atoms with E-state index in [4.69, 9.17) is 5.73 Å². The molecule has 0 saturated heterocycles. The third-order valence-electron chi connectivity index (χ3n) is 2.80. The molecule has 1 aromatic carbocycles. The van der Waals surface area contributed by atoms with Gasteiger partial charge in [0.15, 0.2) is 5.65 Å². The SMILES string of the molecule is Cc1nn2cc(-c3ccccc3)cnc2c1N. The van der Waals surface area contributed by atoms with Crippen LogP contribution >= 0.6 is 0 Å². The first kappa shape index (κ1) is 9.84. The molecule has 0 bridgehead atoms. The Kier molecular flexibility index (Phi) is 2.08. The Balaban J connectivity index is 2.21. The van der Waals surface area contributed by atoms with E-state index in [1.165, 1.54) is 0 Å². The Labute approximate surface area is 98.7 Å². The molecule has 2 N–H and O–H groups in total. The van der Waals surface area contributed by atoms with Gasteiger partial charge in [0.1, 0.15) is 5.69 Å². The lowest BCUT2D eigenvalue weighted by atomic mass is 10.1. The van der Waals surface area contributed by atoms with Crippen LogP contribution in [-0.2, 0) is 0 Å². The largest absolute Gasteiger partial charge is 0.394 e. The van der Waals surface area contributed by atoms with Crippen LogP contribution in [0.1, 0.15) is 5.69 Å². The fourth-order valence-electron chi connectivity index (χ4n) is 1.84. The van der Waals surface area contributed by atoms with Gasteiger partial charge in [0.25, 0.3) is 0 Å². The van der Waals surface area contributed by atoms with E-state index < -0.39 is 0 Å². The highest BCUT2D eigenvalue weighted by atomic mass is 15.3. The summed E-state index contributed by atoms with van der Waals surface area (Å²) in [5, 5.41) is 4.33. The average Bonchev–Trinajstić information content (AvgIpc) is 2.66. The third-order valence-corrected chi connectivity index (χ3v) is 2.80. The number of aryl methyl sites for hydroxylation is 1. The molecule has 4 heteroatoms. The molecular formula is C13H12N4. The topological polar surface area (TPSA) is 56.2 Å². The molecule has 3 aromatic rings. The van der Waals surface area contributed by atoms with Crippen LogP contribution in [-0.4, -0.2) is 14.6 Å². The molecule has 2 heterocycles. The van der Waals surface area contributed by atoms with Crippen LogP contribution in [0, 0.1) is 6.92 Å². The summed E-state index contributed by atoms with van der Waals surface area (Å²) < 4.78 is 1.73. The van der Waals surface area contributed by atoms with E-state index in [0.717, 1.165) is 16.8 Å². The van der Waals surface area contributed by atoms with Crippen LogP contribution in [0.5, 0.6) is 0 Å². The lowest BCUT2D eigenvalue weighted by Gasteiger charge is -2.01. The van der Waals surface area contributed by atoms with Crippen LogP contribution in [0.4, 0.5) is 5.69 Å². The van der Waals surface area contributed by atoms with Gasteiger partial charge in [0.2, 0.25) is 0 Å². The number of nitrogens with zero attached hydrogens (tertiary/aromatic N) is 3. The second-order valence-corrected chi connectivity index (χ2v) is 3.98. The van der Waals surface area contributed by atoms with Gasteiger partial charge in [0, 0.05) is 18.0 Å². The summed E-state index contributed by atoms with van der Waals surface area (Å²) >= 11 is 0. The summed E-state index contributed by atoms with van der Waals surface area (Å²) in [4.78, 5) is 4.35. The Morgan fingerprint density at radius 2 is 1.88 bits per heavy atom. The van der Waals surface area contributed by atoms with Gasteiger partial charge >= 0.3 is 0 Å². The number of hydrogen-bond donors (Lipinski definition) is 1. The van der Waals surface area contributed by atoms with E-state index in [2.05, 4.69) is 10.1 Å². The summed E-state index contributed by atoms with van der Waals surface area (Å²) in [5.41, 5.74) is 10.2. The number of fused-ring (bicyclic) bond motifs is 1. The first-order chi connectivity index (χ1) is 8.25. The number of nitrogen functional groups attached to an aromatic ring is 1. The molecule has 17 heavy (non-hydrogen) atoms. The molecule has 84 valence electrons. The van der Waals surface area contributed by atoms with Crippen molar-refractivity contribution >= 4 is 11.3 Å². The zero-order valence-electron chi connectivity index (χ0n) is 9.46. The molecule has 0 fully saturated rings. The molecule has 2 aromatic heterocycles. The third kappa shape index (κ3) is 1.54. The van der Waals surface area contributed by atoms with E-state index in [1.807, 2.05) is 49.6 Å². The second kappa shape index (κ2) is 3.59. The van der Waals surface area contributed by atoms with Crippen molar-refractivity contribution in [1.29, 1.82) is 0 Å². The van der Waals surface area contributed by atoms with Crippen molar-refractivity contribution in [2.75, 3.05) is 5.73 Å². The number of anilines is 1. The zero-order valence-corrected chi connectivity index (χ0v) is 9.46. The molecule has 0 aliphatic carbocycles. The van der Waals surface area contributed by atoms with Gasteiger partial charge in [-0.3, -0.25) is 0 Å². The van der Waals surface area contributed by atoms with Crippen molar-refractivity contribution in [3.8, 4) is 11.1 Å². The quantitative estimate of drug-likeness (QED) is 0.690. The van der Waals surface area contributed by atoms with Crippen LogP contribution < -0.4 is 5.73 Å². The minimum absolute atomic E-state index is 0.643. The number of benzene rings is 1. The van der Waals surface area contributed by atoms with E-state index in [-0.39, 0.29) is 0 Å². The smallest absolute Gasteiger partial charge is 0.178 e. The summed E-state index contributed by atoms with van der Waals surface area (Å²) in [6.07, 6.45) is 3.77. The highest BCUT2D eigenvalue weighted by Crippen LogP contribution is 2.21. The summed E-state index contributed by atoms with van der Waals surface area (Å²) in [6.45, 7) is 1.88. The lowest BCUT2D eigenvalue weighted by Crippen LogP contribution is -1.92. The molecular weight excluding hydrogens is 212 g/mol. The average molecular weight is 224 g/mol. The minimum Gasteiger partial charge on any atom is -0.394 e. The Hall–Kier alpha value is -2.36. The summed E-state index contributed by atoms with van der Waals surface area (Å²) in [5.74, 6) is 0. The summed E-state index contributed by atoms with van der Waals surface area (Å²) in [6, 6.07) is 10.1. The van der Waals surface area contributed by atoms with Gasteiger partial charge in [-0.15, -0.1) is 0 Å². The maximum atomic E-state index is 5.88. The van der Waals surface area contributed by atoms with Crippen molar-refractivity contribution in [3.63, 3.8) is 0 Å². The van der Waals surface area contributed by atoms with Crippen molar-refractivity contribution in [1.82, 2.24) is 14.6 Å². The first-order valence-corrected chi connectivity index (χ1v) is 5.41. The van der Waals surface area contributed by atoms with Crippen LogP contribution in [0.2, 0.25) is 0 Å². The molecule has 0 aliphatic heterocycles. The minimum atomic E-state index is 0.643. The Morgan fingerprint density at radius 1 is 1.12 bits per heavy atom. The number of hydrogen-bond acceptors (Lipinski definition) is 3. The second-order valence-electron chi connectivity index (χ2n) is 3.98. The van der Waals surface area contributed by atoms with Gasteiger partial charge in [-0.1, -0.05) is 30.3 Å². The molecule has 0 amide bonds. The Bertz CT molecular complexity index is 670. The van der Waals surface area contributed by atoms with E-state index in [1.54, 1.807) is 4.52 Å².